The number of nitrogens with two attached hydrogens (primary N) is 1. The third-order valence-electron chi connectivity index (χ3n) is 2.47. The molecule has 0 spiro atoms. The van der Waals surface area contributed by atoms with Crippen molar-refractivity contribution in [2.75, 3.05) is 0 Å². The van der Waals surface area contributed by atoms with E-state index in [1.807, 2.05) is 24.4 Å². The summed E-state index contributed by atoms with van der Waals surface area (Å²) in [5.74, 6) is 0.673. The van der Waals surface area contributed by atoms with Gasteiger partial charge in [0.05, 0.1) is 11.1 Å². The van der Waals surface area contributed by atoms with E-state index in [0.717, 1.165) is 22.0 Å². The fraction of sp³-hybridized carbons (Fsp3) is 0. The van der Waals surface area contributed by atoms with E-state index in [1.165, 1.54) is 0 Å². The summed E-state index contributed by atoms with van der Waals surface area (Å²) in [5, 5.41) is 8.70. The maximum atomic E-state index is 7.61. The number of nitrogens with one attached hydrogen (secondary N) is 2. The van der Waals surface area contributed by atoms with E-state index < -0.39 is 0 Å². The largest absolute Gasteiger partial charge is 0.383 e. The number of nitrogens with zero attached hydrogens (tertiary/aromatic N) is 1. The van der Waals surface area contributed by atoms with Crippen molar-refractivity contribution in [3.8, 4) is 0 Å². The topological polar surface area (TPSA) is 78.0 Å². The zero-order chi connectivity index (χ0) is 9.71. The van der Waals surface area contributed by atoms with Gasteiger partial charge in [0.2, 0.25) is 0 Å². The standard InChI is InChI=1S/C10H8N4/c11-9-6-2-1-5-3-4-13-8(5)7(6)10(12)14-9/h1-4,13H,(H3,11,12,14). The normalized spacial score (nSPS) is 14.6. The molecule has 2 aromatic rings. The van der Waals surface area contributed by atoms with Crippen molar-refractivity contribution in [3.63, 3.8) is 0 Å². The van der Waals surface area contributed by atoms with Crippen LogP contribution in [0.4, 0.5) is 0 Å². The van der Waals surface area contributed by atoms with Crippen LogP contribution < -0.4 is 5.73 Å². The van der Waals surface area contributed by atoms with E-state index in [0.29, 0.717) is 5.84 Å². The lowest BCUT2D eigenvalue weighted by Gasteiger charge is -2.00. The predicted octanol–water partition coefficient (Wildman–Crippen LogP) is 1.21. The van der Waals surface area contributed by atoms with Crippen molar-refractivity contribution in [2.45, 2.75) is 0 Å². The van der Waals surface area contributed by atoms with Gasteiger partial charge in [0.25, 0.3) is 0 Å². The van der Waals surface area contributed by atoms with Crippen LogP contribution in [0.1, 0.15) is 11.1 Å². The van der Waals surface area contributed by atoms with Crippen molar-refractivity contribution < 1.29 is 0 Å². The van der Waals surface area contributed by atoms with Crippen LogP contribution in [0.5, 0.6) is 0 Å². The summed E-state index contributed by atoms with van der Waals surface area (Å²) in [4.78, 5) is 7.06. The van der Waals surface area contributed by atoms with Crippen LogP contribution >= 0.6 is 0 Å². The Kier molecular flexibility index (Phi) is 1.16. The average Bonchev–Trinajstić information content (AvgIpc) is 2.71. The van der Waals surface area contributed by atoms with Crippen molar-refractivity contribution in [1.82, 2.24) is 4.98 Å². The molecule has 1 aliphatic rings. The first kappa shape index (κ1) is 7.32. The van der Waals surface area contributed by atoms with Crippen LogP contribution in [0.25, 0.3) is 10.9 Å². The van der Waals surface area contributed by atoms with E-state index in [2.05, 4.69) is 9.98 Å². The van der Waals surface area contributed by atoms with Crippen molar-refractivity contribution >= 4 is 22.6 Å². The number of benzene rings is 1. The summed E-state index contributed by atoms with van der Waals surface area (Å²) in [7, 11) is 0. The molecule has 4 nitrogen and oxygen atoms in total. The molecule has 0 saturated heterocycles. The van der Waals surface area contributed by atoms with Gasteiger partial charge in [-0.15, -0.1) is 0 Å². The van der Waals surface area contributed by atoms with Crippen molar-refractivity contribution in [3.05, 3.63) is 35.5 Å². The minimum Gasteiger partial charge on any atom is -0.383 e. The molecule has 0 unspecified atom stereocenters. The molecule has 0 bridgehead atoms. The van der Waals surface area contributed by atoms with Gasteiger partial charge in [-0.3, -0.25) is 5.41 Å². The number of hydrogen-bond donors (Lipinski definition) is 3. The first-order valence-corrected chi connectivity index (χ1v) is 4.31. The van der Waals surface area contributed by atoms with E-state index in [9.17, 15) is 0 Å². The maximum Gasteiger partial charge on any atom is 0.155 e. The second-order valence-corrected chi connectivity index (χ2v) is 3.28. The maximum absolute atomic E-state index is 7.61. The van der Waals surface area contributed by atoms with E-state index >= 15 is 0 Å². The summed E-state index contributed by atoms with van der Waals surface area (Å²) >= 11 is 0. The SMILES string of the molecule is N=C1N=C(N)c2c1ccc1cc[nH]c21. The molecule has 4 heteroatoms. The van der Waals surface area contributed by atoms with E-state index in [1.54, 1.807) is 0 Å². The van der Waals surface area contributed by atoms with Gasteiger partial charge in [-0.05, 0) is 12.1 Å². The molecular formula is C10H8N4. The summed E-state index contributed by atoms with van der Waals surface area (Å²) in [5.41, 5.74) is 8.38. The first-order valence-electron chi connectivity index (χ1n) is 4.31. The molecule has 1 aromatic heterocycles. The van der Waals surface area contributed by atoms with Gasteiger partial charge in [-0.2, -0.15) is 0 Å². The van der Waals surface area contributed by atoms with Crippen LogP contribution in [0.3, 0.4) is 0 Å². The number of H-pyrrole nitrogens is 1. The van der Waals surface area contributed by atoms with Crippen molar-refractivity contribution in [2.24, 2.45) is 10.7 Å². The monoisotopic (exact) mass is 184 g/mol. The van der Waals surface area contributed by atoms with Gasteiger partial charge in [-0.25, -0.2) is 4.99 Å². The molecule has 1 aromatic carbocycles. The average molecular weight is 184 g/mol. The molecule has 68 valence electrons. The number of hydrogen-bond acceptors (Lipinski definition) is 2. The number of amidine groups is 2. The molecule has 0 atom stereocenters. The number of aromatic nitrogens is 1. The molecule has 4 N–H and O–H groups in total. The second kappa shape index (κ2) is 2.23. The Bertz CT molecular complexity index is 577. The summed E-state index contributed by atoms with van der Waals surface area (Å²) in [6.07, 6.45) is 1.86. The Labute approximate surface area is 80.0 Å². The highest BCUT2D eigenvalue weighted by Gasteiger charge is 2.21. The molecule has 3 rings (SSSR count). The molecule has 2 heterocycles. The molecule has 0 saturated carbocycles. The van der Waals surface area contributed by atoms with Gasteiger partial charge >= 0.3 is 0 Å². The minimum atomic E-state index is 0.244. The Morgan fingerprint density at radius 1 is 1.29 bits per heavy atom. The Hall–Kier alpha value is -2.10. The molecule has 1 aliphatic heterocycles. The smallest absolute Gasteiger partial charge is 0.155 e. The number of aliphatic imine (C=N–C) groups is 1. The van der Waals surface area contributed by atoms with Gasteiger partial charge in [0.15, 0.2) is 5.84 Å². The summed E-state index contributed by atoms with van der Waals surface area (Å²) in [6, 6.07) is 5.83. The van der Waals surface area contributed by atoms with E-state index in [-0.39, 0.29) is 5.84 Å². The van der Waals surface area contributed by atoms with Crippen LogP contribution in [-0.4, -0.2) is 16.7 Å². The van der Waals surface area contributed by atoms with Crippen LogP contribution in [0.15, 0.2) is 29.4 Å². The van der Waals surface area contributed by atoms with Crippen LogP contribution in [0, 0.1) is 5.41 Å². The molecule has 0 amide bonds. The Morgan fingerprint density at radius 3 is 3.00 bits per heavy atom. The van der Waals surface area contributed by atoms with Gasteiger partial charge in [0.1, 0.15) is 5.84 Å². The van der Waals surface area contributed by atoms with Gasteiger partial charge < -0.3 is 10.7 Å². The number of rotatable bonds is 0. The Balaban J connectivity index is 2.51. The second-order valence-electron chi connectivity index (χ2n) is 3.28. The van der Waals surface area contributed by atoms with Crippen molar-refractivity contribution in [1.29, 1.82) is 5.41 Å². The lowest BCUT2D eigenvalue weighted by Crippen LogP contribution is -2.10. The third kappa shape index (κ3) is 0.724. The van der Waals surface area contributed by atoms with Crippen LogP contribution in [0.2, 0.25) is 0 Å². The fourth-order valence-corrected chi connectivity index (χ4v) is 1.83. The first-order chi connectivity index (χ1) is 6.77. The summed E-state index contributed by atoms with van der Waals surface area (Å²) in [6.45, 7) is 0. The fourth-order valence-electron chi connectivity index (χ4n) is 1.83. The molecule has 14 heavy (non-hydrogen) atoms. The highest BCUT2D eigenvalue weighted by Crippen LogP contribution is 2.25. The number of fused-ring (bicyclic) bond motifs is 3. The zero-order valence-electron chi connectivity index (χ0n) is 7.33. The summed E-state index contributed by atoms with van der Waals surface area (Å²) < 4.78 is 0. The van der Waals surface area contributed by atoms with E-state index in [4.69, 9.17) is 11.1 Å². The highest BCUT2D eigenvalue weighted by atomic mass is 14.9. The molecular weight excluding hydrogens is 176 g/mol. The third-order valence-corrected chi connectivity index (χ3v) is 2.47. The number of aromatic amines is 1. The van der Waals surface area contributed by atoms with Gasteiger partial charge in [-0.1, -0.05) is 6.07 Å². The Morgan fingerprint density at radius 2 is 2.14 bits per heavy atom. The zero-order valence-corrected chi connectivity index (χ0v) is 7.33. The minimum absolute atomic E-state index is 0.244. The van der Waals surface area contributed by atoms with Crippen LogP contribution in [-0.2, 0) is 0 Å². The highest BCUT2D eigenvalue weighted by molar-refractivity contribution is 6.25. The molecule has 0 fully saturated rings. The molecule has 0 radical (unpaired) electrons. The van der Waals surface area contributed by atoms with Gasteiger partial charge in [0, 0.05) is 17.1 Å². The quantitative estimate of drug-likeness (QED) is 0.565. The lowest BCUT2D eigenvalue weighted by atomic mass is 10.1. The lowest BCUT2D eigenvalue weighted by molar-refractivity contribution is 1.44. The predicted molar refractivity (Wildman–Crippen MR) is 55.9 cm³/mol. The molecule has 0 aliphatic carbocycles.